The number of carbonyl (C=O) groups excluding carboxylic acids is 1. The molecular formula is C11H21ClN4O2. The SMILES string of the molecule is COCC(N)C(=O)Nc1ccnn1CC(C)C.Cl. The van der Waals surface area contributed by atoms with E-state index in [2.05, 4.69) is 24.3 Å². The van der Waals surface area contributed by atoms with Crippen LogP contribution in [0.25, 0.3) is 0 Å². The maximum Gasteiger partial charge on any atom is 0.244 e. The van der Waals surface area contributed by atoms with Gasteiger partial charge < -0.3 is 15.8 Å². The molecule has 0 aromatic carbocycles. The minimum Gasteiger partial charge on any atom is -0.383 e. The number of ether oxygens (including phenoxy) is 1. The zero-order chi connectivity index (χ0) is 12.8. The number of hydrogen-bond donors (Lipinski definition) is 2. The number of methoxy groups -OCH3 is 1. The summed E-state index contributed by atoms with van der Waals surface area (Å²) < 4.78 is 6.58. The van der Waals surface area contributed by atoms with E-state index in [1.807, 2.05) is 0 Å². The molecule has 7 heteroatoms. The van der Waals surface area contributed by atoms with Gasteiger partial charge in [0.05, 0.1) is 12.8 Å². The van der Waals surface area contributed by atoms with Crippen molar-refractivity contribution in [1.82, 2.24) is 9.78 Å². The van der Waals surface area contributed by atoms with Crippen LogP contribution in [0.5, 0.6) is 0 Å². The molecule has 0 saturated carbocycles. The molecule has 0 aliphatic carbocycles. The van der Waals surface area contributed by atoms with Crippen molar-refractivity contribution in [3.63, 3.8) is 0 Å². The summed E-state index contributed by atoms with van der Waals surface area (Å²) in [5.41, 5.74) is 5.63. The van der Waals surface area contributed by atoms with Gasteiger partial charge in [-0.05, 0) is 5.92 Å². The second-order valence-corrected chi connectivity index (χ2v) is 4.34. The molecule has 1 heterocycles. The lowest BCUT2D eigenvalue weighted by Gasteiger charge is -2.13. The molecule has 0 saturated heterocycles. The fraction of sp³-hybridized carbons (Fsp3) is 0.636. The Morgan fingerprint density at radius 3 is 2.83 bits per heavy atom. The van der Waals surface area contributed by atoms with Gasteiger partial charge in [-0.2, -0.15) is 5.10 Å². The highest BCUT2D eigenvalue weighted by atomic mass is 35.5. The molecule has 0 aliphatic heterocycles. The second kappa shape index (κ2) is 8.07. The van der Waals surface area contributed by atoms with E-state index in [0.29, 0.717) is 11.7 Å². The summed E-state index contributed by atoms with van der Waals surface area (Å²) in [4.78, 5) is 11.7. The zero-order valence-corrected chi connectivity index (χ0v) is 11.7. The van der Waals surface area contributed by atoms with Gasteiger partial charge in [-0.1, -0.05) is 13.8 Å². The molecule has 1 aromatic heterocycles. The van der Waals surface area contributed by atoms with Gasteiger partial charge in [0.15, 0.2) is 0 Å². The van der Waals surface area contributed by atoms with Gasteiger partial charge in [-0.25, -0.2) is 4.68 Å². The molecule has 1 atom stereocenters. The molecular weight excluding hydrogens is 256 g/mol. The Hall–Kier alpha value is -1.11. The third-order valence-electron chi connectivity index (χ3n) is 2.19. The lowest BCUT2D eigenvalue weighted by Crippen LogP contribution is -2.39. The molecule has 0 bridgehead atoms. The fourth-order valence-electron chi connectivity index (χ4n) is 1.40. The first-order valence-corrected chi connectivity index (χ1v) is 5.61. The predicted molar refractivity (Wildman–Crippen MR) is 72.8 cm³/mol. The van der Waals surface area contributed by atoms with Crippen LogP contribution >= 0.6 is 12.4 Å². The standard InChI is InChI=1S/C11H20N4O2.ClH/c1-8(2)6-15-10(4-5-13-15)14-11(16)9(12)7-17-3;/h4-5,8-9H,6-7,12H2,1-3H3,(H,14,16);1H. The first kappa shape index (κ1) is 16.9. The minimum absolute atomic E-state index is 0. The van der Waals surface area contributed by atoms with Crippen LogP contribution in [-0.2, 0) is 16.1 Å². The number of nitrogens with two attached hydrogens (primary N) is 1. The maximum atomic E-state index is 11.7. The van der Waals surface area contributed by atoms with Crippen LogP contribution in [0.15, 0.2) is 12.3 Å². The lowest BCUT2D eigenvalue weighted by atomic mass is 10.2. The van der Waals surface area contributed by atoms with E-state index in [-0.39, 0.29) is 24.9 Å². The Morgan fingerprint density at radius 2 is 2.28 bits per heavy atom. The van der Waals surface area contributed by atoms with Gasteiger partial charge in [-0.3, -0.25) is 4.79 Å². The number of hydrogen-bond acceptors (Lipinski definition) is 4. The summed E-state index contributed by atoms with van der Waals surface area (Å²) >= 11 is 0. The van der Waals surface area contributed by atoms with Gasteiger partial charge in [-0.15, -0.1) is 12.4 Å². The zero-order valence-electron chi connectivity index (χ0n) is 10.9. The Kier molecular flexibility index (Phi) is 7.58. The first-order valence-electron chi connectivity index (χ1n) is 5.61. The average Bonchev–Trinajstić information content (AvgIpc) is 2.65. The minimum atomic E-state index is -0.664. The highest BCUT2D eigenvalue weighted by Crippen LogP contribution is 2.09. The number of nitrogens with one attached hydrogen (secondary N) is 1. The molecule has 1 rings (SSSR count). The van der Waals surface area contributed by atoms with Crippen LogP contribution in [0.1, 0.15) is 13.8 Å². The Morgan fingerprint density at radius 1 is 1.61 bits per heavy atom. The fourth-order valence-corrected chi connectivity index (χ4v) is 1.40. The van der Waals surface area contributed by atoms with Gasteiger partial charge in [0.1, 0.15) is 11.9 Å². The number of carbonyl (C=O) groups is 1. The monoisotopic (exact) mass is 276 g/mol. The number of aromatic nitrogens is 2. The Labute approximate surface area is 113 Å². The molecule has 1 unspecified atom stereocenters. The summed E-state index contributed by atoms with van der Waals surface area (Å²) in [5, 5.41) is 6.88. The molecule has 0 radical (unpaired) electrons. The van der Waals surface area contributed by atoms with Crippen molar-refractivity contribution in [3.8, 4) is 0 Å². The molecule has 0 spiro atoms. The highest BCUT2D eigenvalue weighted by molar-refractivity contribution is 5.94. The Balaban J connectivity index is 0.00000289. The largest absolute Gasteiger partial charge is 0.383 e. The van der Waals surface area contributed by atoms with E-state index < -0.39 is 6.04 Å². The normalized spacial score (nSPS) is 12.1. The molecule has 0 aliphatic rings. The van der Waals surface area contributed by atoms with Crippen LogP contribution in [-0.4, -0.2) is 35.4 Å². The second-order valence-electron chi connectivity index (χ2n) is 4.34. The number of anilines is 1. The average molecular weight is 277 g/mol. The number of halogens is 1. The smallest absolute Gasteiger partial charge is 0.244 e. The highest BCUT2D eigenvalue weighted by Gasteiger charge is 2.15. The number of rotatable bonds is 6. The van der Waals surface area contributed by atoms with Crippen molar-refractivity contribution in [2.24, 2.45) is 11.7 Å². The first-order chi connectivity index (χ1) is 8.04. The molecule has 1 aromatic rings. The third kappa shape index (κ3) is 5.03. The van der Waals surface area contributed by atoms with Crippen molar-refractivity contribution in [2.75, 3.05) is 19.0 Å². The Bertz CT molecular complexity index is 368. The predicted octanol–water partition coefficient (Wildman–Crippen LogP) is 0.873. The topological polar surface area (TPSA) is 82.2 Å². The van der Waals surface area contributed by atoms with Crippen LogP contribution in [0.3, 0.4) is 0 Å². The molecule has 18 heavy (non-hydrogen) atoms. The molecule has 3 N–H and O–H groups in total. The van der Waals surface area contributed by atoms with E-state index in [0.717, 1.165) is 6.54 Å². The van der Waals surface area contributed by atoms with E-state index in [4.69, 9.17) is 10.5 Å². The number of nitrogens with zero attached hydrogens (tertiary/aromatic N) is 2. The van der Waals surface area contributed by atoms with Gasteiger partial charge in [0.25, 0.3) is 0 Å². The van der Waals surface area contributed by atoms with E-state index in [9.17, 15) is 4.79 Å². The van der Waals surface area contributed by atoms with Crippen LogP contribution < -0.4 is 11.1 Å². The van der Waals surface area contributed by atoms with Crippen molar-refractivity contribution in [3.05, 3.63) is 12.3 Å². The van der Waals surface area contributed by atoms with Crippen molar-refractivity contribution < 1.29 is 9.53 Å². The molecule has 6 nitrogen and oxygen atoms in total. The van der Waals surface area contributed by atoms with Crippen LogP contribution in [0.2, 0.25) is 0 Å². The summed E-state index contributed by atoms with van der Waals surface area (Å²) in [7, 11) is 1.51. The van der Waals surface area contributed by atoms with Crippen molar-refractivity contribution in [1.29, 1.82) is 0 Å². The van der Waals surface area contributed by atoms with Gasteiger partial charge in [0.2, 0.25) is 5.91 Å². The van der Waals surface area contributed by atoms with E-state index >= 15 is 0 Å². The summed E-state index contributed by atoms with van der Waals surface area (Å²) in [6, 6.07) is 1.09. The summed E-state index contributed by atoms with van der Waals surface area (Å²) in [5.74, 6) is 0.853. The lowest BCUT2D eigenvalue weighted by molar-refractivity contribution is -0.118. The molecule has 104 valence electrons. The summed E-state index contributed by atoms with van der Waals surface area (Å²) in [6.45, 7) is 5.13. The van der Waals surface area contributed by atoms with Crippen molar-refractivity contribution in [2.45, 2.75) is 26.4 Å². The number of amides is 1. The summed E-state index contributed by atoms with van der Waals surface area (Å²) in [6.07, 6.45) is 1.65. The molecule has 0 fully saturated rings. The third-order valence-corrected chi connectivity index (χ3v) is 2.19. The van der Waals surface area contributed by atoms with Crippen molar-refractivity contribution >= 4 is 24.1 Å². The van der Waals surface area contributed by atoms with Gasteiger partial charge >= 0.3 is 0 Å². The quantitative estimate of drug-likeness (QED) is 0.808. The van der Waals surface area contributed by atoms with E-state index in [1.54, 1.807) is 16.9 Å². The molecule has 1 amide bonds. The van der Waals surface area contributed by atoms with Crippen LogP contribution in [0.4, 0.5) is 5.82 Å². The van der Waals surface area contributed by atoms with Crippen LogP contribution in [0, 0.1) is 5.92 Å². The van der Waals surface area contributed by atoms with Gasteiger partial charge in [0, 0.05) is 19.7 Å². The maximum absolute atomic E-state index is 11.7. The van der Waals surface area contributed by atoms with E-state index in [1.165, 1.54) is 7.11 Å².